The number of anilines is 1. The molecule has 0 aromatic heterocycles. The van der Waals surface area contributed by atoms with Crippen LogP contribution in [0.2, 0.25) is 0 Å². The van der Waals surface area contributed by atoms with Crippen molar-refractivity contribution in [2.75, 3.05) is 26.9 Å². The highest BCUT2D eigenvalue weighted by molar-refractivity contribution is 5.80. The Morgan fingerprint density at radius 2 is 2.06 bits per heavy atom. The fourth-order valence-electron chi connectivity index (χ4n) is 1.35. The molecule has 1 atom stereocenters. The molecule has 0 spiro atoms. The van der Waals surface area contributed by atoms with E-state index in [1.165, 1.54) is 4.90 Å². The second kappa shape index (κ2) is 5.43. The van der Waals surface area contributed by atoms with E-state index in [9.17, 15) is 4.79 Å². The van der Waals surface area contributed by atoms with Crippen molar-refractivity contribution in [3.05, 3.63) is 18.2 Å². The van der Waals surface area contributed by atoms with Crippen LogP contribution in [-0.2, 0) is 4.79 Å². The summed E-state index contributed by atoms with van der Waals surface area (Å²) < 4.78 is 10.6. The molecule has 5 heteroatoms. The van der Waals surface area contributed by atoms with Gasteiger partial charge in [0.25, 0.3) is 5.91 Å². The number of rotatable bonds is 4. The Hall–Kier alpha value is -1.91. The number of likely N-dealkylation sites (N-methyl/N-ethyl adjacent to an activating group) is 1. The lowest BCUT2D eigenvalue weighted by Crippen LogP contribution is -2.35. The number of hydrogen-bond acceptors (Lipinski definition) is 4. The van der Waals surface area contributed by atoms with E-state index in [2.05, 4.69) is 0 Å². The topological polar surface area (TPSA) is 64.8 Å². The smallest absolute Gasteiger partial charge is 0.262 e. The lowest BCUT2D eigenvalue weighted by molar-refractivity contribution is -0.135. The number of methoxy groups -OCH3 is 1. The first kappa shape index (κ1) is 13.2. The lowest BCUT2D eigenvalue weighted by Gasteiger charge is -2.19. The zero-order valence-electron chi connectivity index (χ0n) is 10.6. The molecule has 0 aliphatic carbocycles. The minimum atomic E-state index is -0.584. The largest absolute Gasteiger partial charge is 0.497 e. The second-order valence-corrected chi connectivity index (χ2v) is 3.90. The minimum Gasteiger partial charge on any atom is -0.497 e. The van der Waals surface area contributed by atoms with E-state index in [0.29, 0.717) is 17.2 Å². The molecule has 2 N–H and O–H groups in total. The molecule has 94 valence electrons. The van der Waals surface area contributed by atoms with Gasteiger partial charge < -0.3 is 20.1 Å². The molecule has 0 aliphatic heterocycles. The predicted octanol–water partition coefficient (Wildman–Crippen LogP) is 1.13. The second-order valence-electron chi connectivity index (χ2n) is 3.90. The molecule has 0 fully saturated rings. The quantitative estimate of drug-likeness (QED) is 0.799. The molecule has 0 saturated carbocycles. The van der Waals surface area contributed by atoms with Crippen LogP contribution in [0, 0.1) is 0 Å². The lowest BCUT2D eigenvalue weighted by atomic mass is 10.2. The van der Waals surface area contributed by atoms with Gasteiger partial charge in [-0.2, -0.15) is 0 Å². The zero-order valence-corrected chi connectivity index (χ0v) is 10.6. The predicted molar refractivity (Wildman–Crippen MR) is 66.2 cm³/mol. The third-order valence-electron chi connectivity index (χ3n) is 2.31. The van der Waals surface area contributed by atoms with E-state index in [0.717, 1.165) is 0 Å². The van der Waals surface area contributed by atoms with Crippen LogP contribution in [0.15, 0.2) is 18.2 Å². The molecule has 5 nitrogen and oxygen atoms in total. The van der Waals surface area contributed by atoms with E-state index < -0.39 is 6.10 Å². The van der Waals surface area contributed by atoms with E-state index in [1.54, 1.807) is 46.3 Å². The van der Waals surface area contributed by atoms with Crippen LogP contribution in [0.3, 0.4) is 0 Å². The summed E-state index contributed by atoms with van der Waals surface area (Å²) in [4.78, 5) is 13.1. The van der Waals surface area contributed by atoms with Crippen LogP contribution in [-0.4, -0.2) is 38.1 Å². The van der Waals surface area contributed by atoms with E-state index >= 15 is 0 Å². The number of ether oxygens (including phenoxy) is 2. The van der Waals surface area contributed by atoms with Gasteiger partial charge in [-0.25, -0.2) is 0 Å². The van der Waals surface area contributed by atoms with Gasteiger partial charge in [0.15, 0.2) is 6.10 Å². The van der Waals surface area contributed by atoms with Gasteiger partial charge in [0.05, 0.1) is 12.8 Å². The van der Waals surface area contributed by atoms with Crippen molar-refractivity contribution in [1.82, 2.24) is 4.90 Å². The van der Waals surface area contributed by atoms with Crippen LogP contribution < -0.4 is 15.2 Å². The van der Waals surface area contributed by atoms with Gasteiger partial charge >= 0.3 is 0 Å². The molecule has 1 aromatic rings. The summed E-state index contributed by atoms with van der Waals surface area (Å²) in [6, 6.07) is 5.08. The number of nitrogens with zero attached hydrogens (tertiary/aromatic N) is 1. The first-order valence-electron chi connectivity index (χ1n) is 5.27. The summed E-state index contributed by atoms with van der Waals surface area (Å²) in [7, 11) is 4.91. The summed E-state index contributed by atoms with van der Waals surface area (Å²) >= 11 is 0. The number of nitrogen functional groups attached to an aromatic ring is 1. The Kier molecular flexibility index (Phi) is 4.20. The molecule has 1 unspecified atom stereocenters. The summed E-state index contributed by atoms with van der Waals surface area (Å²) in [5, 5.41) is 0. The third-order valence-corrected chi connectivity index (χ3v) is 2.31. The van der Waals surface area contributed by atoms with Crippen LogP contribution in [0.25, 0.3) is 0 Å². The molecule has 0 heterocycles. The zero-order chi connectivity index (χ0) is 13.0. The normalized spacial score (nSPS) is 11.8. The van der Waals surface area contributed by atoms with Gasteiger partial charge in [0.2, 0.25) is 0 Å². The van der Waals surface area contributed by atoms with Crippen LogP contribution >= 0.6 is 0 Å². The average Bonchev–Trinajstić information content (AvgIpc) is 2.30. The van der Waals surface area contributed by atoms with Gasteiger partial charge in [-0.3, -0.25) is 4.79 Å². The van der Waals surface area contributed by atoms with Gasteiger partial charge in [0, 0.05) is 20.2 Å². The number of carbonyl (C=O) groups is 1. The molecule has 1 rings (SSSR count). The fourth-order valence-corrected chi connectivity index (χ4v) is 1.35. The van der Waals surface area contributed by atoms with Crippen molar-refractivity contribution in [2.24, 2.45) is 0 Å². The highest BCUT2D eigenvalue weighted by Crippen LogP contribution is 2.27. The Balaban J connectivity index is 2.83. The number of benzene rings is 1. The van der Waals surface area contributed by atoms with Crippen molar-refractivity contribution in [2.45, 2.75) is 13.0 Å². The van der Waals surface area contributed by atoms with Crippen molar-refractivity contribution in [3.8, 4) is 11.5 Å². The molecule has 1 aromatic carbocycles. The summed E-state index contributed by atoms with van der Waals surface area (Å²) in [6.07, 6.45) is -0.584. The van der Waals surface area contributed by atoms with Gasteiger partial charge in [-0.15, -0.1) is 0 Å². The minimum absolute atomic E-state index is 0.118. The van der Waals surface area contributed by atoms with Crippen molar-refractivity contribution < 1.29 is 14.3 Å². The number of nitrogens with two attached hydrogens (primary N) is 1. The Labute approximate surface area is 101 Å². The first-order chi connectivity index (χ1) is 7.95. The maximum atomic E-state index is 11.6. The van der Waals surface area contributed by atoms with E-state index in [4.69, 9.17) is 15.2 Å². The highest BCUT2D eigenvalue weighted by atomic mass is 16.5. The molecule has 17 heavy (non-hydrogen) atoms. The highest BCUT2D eigenvalue weighted by Gasteiger charge is 2.17. The van der Waals surface area contributed by atoms with Crippen molar-refractivity contribution >= 4 is 11.6 Å². The summed E-state index contributed by atoms with van der Waals surface area (Å²) in [5.74, 6) is 0.970. The summed E-state index contributed by atoms with van der Waals surface area (Å²) in [5.41, 5.74) is 6.24. The standard InChI is InChI=1S/C12H18N2O3/c1-8(12(15)14(2)3)17-11-7-9(16-4)5-6-10(11)13/h5-8H,13H2,1-4H3. The molecule has 1 amide bonds. The summed E-state index contributed by atoms with van der Waals surface area (Å²) in [6.45, 7) is 1.68. The average molecular weight is 238 g/mol. The van der Waals surface area contributed by atoms with E-state index in [-0.39, 0.29) is 5.91 Å². The number of carbonyl (C=O) groups excluding carboxylic acids is 1. The first-order valence-corrected chi connectivity index (χ1v) is 5.27. The Morgan fingerprint density at radius 3 is 2.59 bits per heavy atom. The van der Waals surface area contributed by atoms with Gasteiger partial charge in [-0.05, 0) is 19.1 Å². The van der Waals surface area contributed by atoms with Crippen LogP contribution in [0.4, 0.5) is 5.69 Å². The van der Waals surface area contributed by atoms with Gasteiger partial charge in [-0.1, -0.05) is 0 Å². The fraction of sp³-hybridized carbons (Fsp3) is 0.417. The molecule has 0 bridgehead atoms. The maximum Gasteiger partial charge on any atom is 0.262 e. The number of hydrogen-bond donors (Lipinski definition) is 1. The number of amides is 1. The van der Waals surface area contributed by atoms with Crippen molar-refractivity contribution in [1.29, 1.82) is 0 Å². The van der Waals surface area contributed by atoms with Crippen LogP contribution in [0.1, 0.15) is 6.92 Å². The van der Waals surface area contributed by atoms with E-state index in [1.807, 2.05) is 0 Å². The molecule has 0 saturated heterocycles. The maximum absolute atomic E-state index is 11.6. The van der Waals surface area contributed by atoms with Crippen LogP contribution in [0.5, 0.6) is 11.5 Å². The Morgan fingerprint density at radius 1 is 1.41 bits per heavy atom. The molecular weight excluding hydrogens is 220 g/mol. The third kappa shape index (κ3) is 3.27. The molecule has 0 aliphatic rings. The molecule has 0 radical (unpaired) electrons. The Bertz CT molecular complexity index is 405. The van der Waals surface area contributed by atoms with Gasteiger partial charge in [0.1, 0.15) is 11.5 Å². The van der Waals surface area contributed by atoms with Crippen molar-refractivity contribution in [3.63, 3.8) is 0 Å². The SMILES string of the molecule is COc1ccc(N)c(OC(C)C(=O)N(C)C)c1. The monoisotopic (exact) mass is 238 g/mol. The molecular formula is C12H18N2O3.